The molecule has 154 valence electrons. The van der Waals surface area contributed by atoms with Crippen LogP contribution in [-0.4, -0.2) is 26.2 Å². The van der Waals surface area contributed by atoms with E-state index in [9.17, 15) is 9.59 Å². The van der Waals surface area contributed by atoms with Gasteiger partial charge in [-0.15, -0.1) is 0 Å². The molecule has 3 aromatic rings. The van der Waals surface area contributed by atoms with Crippen molar-refractivity contribution in [3.8, 4) is 11.5 Å². The van der Waals surface area contributed by atoms with Crippen molar-refractivity contribution >= 4 is 11.9 Å². The van der Waals surface area contributed by atoms with Gasteiger partial charge in [-0.1, -0.05) is 48.5 Å². The zero-order valence-corrected chi connectivity index (χ0v) is 16.8. The molecule has 0 unspecified atom stereocenters. The van der Waals surface area contributed by atoms with E-state index < -0.39 is 11.9 Å². The van der Waals surface area contributed by atoms with Crippen LogP contribution >= 0.6 is 0 Å². The Morgan fingerprint density at radius 2 is 0.967 bits per heavy atom. The van der Waals surface area contributed by atoms with E-state index in [1.807, 2.05) is 24.3 Å². The molecule has 0 N–H and O–H groups in total. The van der Waals surface area contributed by atoms with Crippen LogP contribution in [0.1, 0.15) is 31.8 Å². The molecule has 0 saturated heterocycles. The maximum absolute atomic E-state index is 11.9. The average molecular weight is 406 g/mol. The van der Waals surface area contributed by atoms with Gasteiger partial charge in [0.2, 0.25) is 0 Å². The number of benzene rings is 3. The number of ether oxygens (including phenoxy) is 4. The van der Waals surface area contributed by atoms with Gasteiger partial charge in [-0.05, 0) is 35.4 Å². The number of para-hydroxylation sites is 2. The topological polar surface area (TPSA) is 71.1 Å². The molecule has 6 nitrogen and oxygen atoms in total. The molecular formula is C24H22O6. The van der Waals surface area contributed by atoms with Gasteiger partial charge in [0.05, 0.1) is 14.2 Å². The van der Waals surface area contributed by atoms with Crippen LogP contribution < -0.4 is 9.47 Å². The smallest absolute Gasteiger partial charge is 0.341 e. The summed E-state index contributed by atoms with van der Waals surface area (Å²) in [6.45, 7) is 0.485. The number of carbonyl (C=O) groups is 2. The zero-order valence-electron chi connectivity index (χ0n) is 16.8. The Labute approximate surface area is 175 Å². The van der Waals surface area contributed by atoms with E-state index >= 15 is 0 Å². The Balaban J connectivity index is 1.74. The first-order chi connectivity index (χ1) is 14.6. The quantitative estimate of drug-likeness (QED) is 0.516. The predicted octanol–water partition coefficient (Wildman–Crippen LogP) is 4.42. The SMILES string of the molecule is COC(=O)c1ccccc1OCc1ccccc1COc1ccccc1C(=O)OC. The van der Waals surface area contributed by atoms with E-state index in [1.54, 1.807) is 48.5 Å². The lowest BCUT2D eigenvalue weighted by Gasteiger charge is -2.15. The number of esters is 2. The lowest BCUT2D eigenvalue weighted by Crippen LogP contribution is -2.09. The number of hydrogen-bond acceptors (Lipinski definition) is 6. The summed E-state index contributed by atoms with van der Waals surface area (Å²) in [5.74, 6) is -0.0320. The Bertz CT molecular complexity index is 945. The largest absolute Gasteiger partial charge is 0.488 e. The highest BCUT2D eigenvalue weighted by molar-refractivity contribution is 5.92. The molecule has 0 amide bonds. The maximum Gasteiger partial charge on any atom is 0.341 e. The van der Waals surface area contributed by atoms with Crippen molar-refractivity contribution in [2.75, 3.05) is 14.2 Å². The van der Waals surface area contributed by atoms with Crippen LogP contribution in [0.25, 0.3) is 0 Å². The van der Waals surface area contributed by atoms with E-state index in [0.717, 1.165) is 11.1 Å². The molecule has 0 bridgehead atoms. The highest BCUT2D eigenvalue weighted by atomic mass is 16.5. The van der Waals surface area contributed by atoms with Crippen molar-refractivity contribution in [2.24, 2.45) is 0 Å². The molecule has 0 aromatic heterocycles. The summed E-state index contributed by atoms with van der Waals surface area (Å²) in [5, 5.41) is 0. The maximum atomic E-state index is 11.9. The molecule has 0 spiro atoms. The van der Waals surface area contributed by atoms with Crippen LogP contribution in [0.3, 0.4) is 0 Å². The van der Waals surface area contributed by atoms with Gasteiger partial charge < -0.3 is 18.9 Å². The second-order valence-corrected chi connectivity index (χ2v) is 6.32. The monoisotopic (exact) mass is 406 g/mol. The van der Waals surface area contributed by atoms with Crippen LogP contribution in [0.2, 0.25) is 0 Å². The highest BCUT2D eigenvalue weighted by Gasteiger charge is 2.15. The first kappa shape index (κ1) is 20.9. The predicted molar refractivity (Wildman–Crippen MR) is 111 cm³/mol. The van der Waals surface area contributed by atoms with Gasteiger partial charge in [-0.25, -0.2) is 9.59 Å². The Hall–Kier alpha value is -3.80. The van der Waals surface area contributed by atoms with Crippen LogP contribution in [-0.2, 0) is 22.7 Å². The summed E-state index contributed by atoms with van der Waals surface area (Å²) in [6, 6.07) is 21.5. The normalized spacial score (nSPS) is 10.2. The summed E-state index contributed by atoms with van der Waals surface area (Å²) in [7, 11) is 2.66. The first-order valence-corrected chi connectivity index (χ1v) is 9.31. The molecular weight excluding hydrogens is 384 g/mol. The molecule has 0 aliphatic rings. The van der Waals surface area contributed by atoms with Gasteiger partial charge in [0.1, 0.15) is 35.8 Å². The molecule has 30 heavy (non-hydrogen) atoms. The first-order valence-electron chi connectivity index (χ1n) is 9.31. The van der Waals surface area contributed by atoms with Crippen LogP contribution in [0.15, 0.2) is 72.8 Å². The van der Waals surface area contributed by atoms with Crippen molar-refractivity contribution in [3.05, 3.63) is 95.1 Å². The van der Waals surface area contributed by atoms with Crippen molar-refractivity contribution in [3.63, 3.8) is 0 Å². The minimum atomic E-state index is -0.457. The van der Waals surface area contributed by atoms with Gasteiger partial charge in [0.15, 0.2) is 0 Å². The number of methoxy groups -OCH3 is 2. The van der Waals surface area contributed by atoms with Crippen LogP contribution in [0, 0.1) is 0 Å². The third kappa shape index (κ3) is 4.97. The zero-order chi connectivity index (χ0) is 21.3. The Kier molecular flexibility index (Phi) is 7.05. The molecule has 3 aromatic carbocycles. The molecule has 3 rings (SSSR count). The van der Waals surface area contributed by atoms with Gasteiger partial charge in [0, 0.05) is 0 Å². The minimum Gasteiger partial charge on any atom is -0.488 e. The van der Waals surface area contributed by atoms with Gasteiger partial charge in [0.25, 0.3) is 0 Å². The van der Waals surface area contributed by atoms with Crippen molar-refractivity contribution < 1.29 is 28.5 Å². The Morgan fingerprint density at radius 3 is 1.37 bits per heavy atom. The standard InChI is InChI=1S/C24H22O6/c1-27-23(25)19-11-5-7-13-21(19)29-15-17-9-3-4-10-18(17)16-30-22-14-8-6-12-20(22)24(26)28-2/h3-14H,15-16H2,1-2H3. The van der Waals surface area contributed by atoms with Crippen molar-refractivity contribution in [1.82, 2.24) is 0 Å². The molecule has 0 saturated carbocycles. The van der Waals surface area contributed by atoms with Crippen LogP contribution in [0.5, 0.6) is 11.5 Å². The van der Waals surface area contributed by atoms with Gasteiger partial charge in [-0.3, -0.25) is 0 Å². The molecule has 0 aliphatic heterocycles. The summed E-state index contributed by atoms with van der Waals surface area (Å²) in [6.07, 6.45) is 0. The number of rotatable bonds is 8. The van der Waals surface area contributed by atoms with E-state index in [1.165, 1.54) is 14.2 Å². The molecule has 0 heterocycles. The van der Waals surface area contributed by atoms with Crippen molar-refractivity contribution in [1.29, 1.82) is 0 Å². The molecule has 6 heteroatoms. The average Bonchev–Trinajstić information content (AvgIpc) is 2.81. The molecule has 0 atom stereocenters. The fraction of sp³-hybridized carbons (Fsp3) is 0.167. The van der Waals surface area contributed by atoms with Gasteiger partial charge >= 0.3 is 11.9 Å². The summed E-state index contributed by atoms with van der Waals surface area (Å²) in [5.41, 5.74) is 2.52. The fourth-order valence-corrected chi connectivity index (χ4v) is 2.89. The fourth-order valence-electron chi connectivity index (χ4n) is 2.89. The van der Waals surface area contributed by atoms with E-state index in [-0.39, 0.29) is 13.2 Å². The lowest BCUT2D eigenvalue weighted by molar-refractivity contribution is 0.0586. The minimum absolute atomic E-state index is 0.242. The van der Waals surface area contributed by atoms with Crippen molar-refractivity contribution in [2.45, 2.75) is 13.2 Å². The summed E-state index contributed by atoms with van der Waals surface area (Å²) in [4.78, 5) is 23.8. The second-order valence-electron chi connectivity index (χ2n) is 6.32. The summed E-state index contributed by atoms with van der Waals surface area (Å²) >= 11 is 0. The number of carbonyl (C=O) groups excluding carboxylic acids is 2. The second kappa shape index (κ2) is 10.1. The lowest BCUT2D eigenvalue weighted by atomic mass is 10.1. The molecule has 0 fully saturated rings. The van der Waals surface area contributed by atoms with E-state index in [4.69, 9.17) is 18.9 Å². The Morgan fingerprint density at radius 1 is 0.600 bits per heavy atom. The van der Waals surface area contributed by atoms with E-state index in [2.05, 4.69) is 0 Å². The summed E-state index contributed by atoms with van der Waals surface area (Å²) < 4.78 is 21.4. The molecule has 0 radical (unpaired) electrons. The number of hydrogen-bond donors (Lipinski definition) is 0. The van der Waals surface area contributed by atoms with Crippen LogP contribution in [0.4, 0.5) is 0 Å². The highest BCUT2D eigenvalue weighted by Crippen LogP contribution is 2.23. The third-order valence-corrected chi connectivity index (χ3v) is 4.47. The van der Waals surface area contributed by atoms with E-state index in [0.29, 0.717) is 22.6 Å². The van der Waals surface area contributed by atoms with Gasteiger partial charge in [-0.2, -0.15) is 0 Å². The molecule has 0 aliphatic carbocycles. The third-order valence-electron chi connectivity index (χ3n) is 4.47.